The van der Waals surface area contributed by atoms with Gasteiger partial charge in [-0.25, -0.2) is 9.97 Å². The molecule has 134 valence electrons. The fraction of sp³-hybridized carbons (Fsp3) is 0.300. The lowest BCUT2D eigenvalue weighted by molar-refractivity contribution is -0.145. The molecule has 6 nitrogen and oxygen atoms in total. The summed E-state index contributed by atoms with van der Waals surface area (Å²) in [5.41, 5.74) is 3.52. The lowest BCUT2D eigenvalue weighted by Gasteiger charge is -2.07. The van der Waals surface area contributed by atoms with Gasteiger partial charge in [0.25, 0.3) is 0 Å². The number of carbonyl (C=O) groups is 2. The molecule has 2 aromatic heterocycles. The molecule has 0 N–H and O–H groups in total. The number of fused-ring (bicyclic) bond motifs is 1. The standard InChI is InChI=1S/C20H20N2O4/c1-12-19(22-18-7-5-4-6-17(18)21-12)11-25-20(24)9-8-15-10-16(13(2)23)14(3)26-15/h4-7,10H,8-9,11H2,1-3H3. The number of hydrogen-bond donors (Lipinski definition) is 0. The van der Waals surface area contributed by atoms with Crippen LogP contribution in [0.25, 0.3) is 11.0 Å². The Kier molecular flexibility index (Phi) is 5.11. The maximum atomic E-state index is 12.0. The van der Waals surface area contributed by atoms with E-state index in [9.17, 15) is 9.59 Å². The Morgan fingerprint density at radius 3 is 2.46 bits per heavy atom. The molecule has 3 rings (SSSR count). The van der Waals surface area contributed by atoms with Gasteiger partial charge in [0.15, 0.2) is 5.78 Å². The number of furan rings is 1. The van der Waals surface area contributed by atoms with Crippen LogP contribution in [0.5, 0.6) is 0 Å². The Bertz CT molecular complexity index is 975. The molecule has 0 aliphatic heterocycles. The van der Waals surface area contributed by atoms with Crippen LogP contribution in [0.1, 0.15) is 46.6 Å². The summed E-state index contributed by atoms with van der Waals surface area (Å²) in [6.07, 6.45) is 0.555. The molecular formula is C20H20N2O4. The van der Waals surface area contributed by atoms with Crippen LogP contribution in [0.3, 0.4) is 0 Å². The SMILES string of the molecule is CC(=O)c1cc(CCC(=O)OCc2nc3ccccc3nc2C)oc1C. The minimum Gasteiger partial charge on any atom is -0.466 e. The van der Waals surface area contributed by atoms with Crippen molar-refractivity contribution < 1.29 is 18.7 Å². The number of carbonyl (C=O) groups excluding carboxylic acids is 2. The first-order valence-corrected chi connectivity index (χ1v) is 8.42. The number of aryl methyl sites for hydroxylation is 3. The van der Waals surface area contributed by atoms with E-state index in [0.29, 0.717) is 29.2 Å². The summed E-state index contributed by atoms with van der Waals surface area (Å²) in [6, 6.07) is 9.25. The van der Waals surface area contributed by atoms with Gasteiger partial charge in [0.05, 0.1) is 34.4 Å². The average Bonchev–Trinajstić information content (AvgIpc) is 2.99. The molecule has 0 saturated carbocycles. The third-order valence-electron chi connectivity index (χ3n) is 4.14. The van der Waals surface area contributed by atoms with Crippen molar-refractivity contribution in [3.05, 3.63) is 58.8 Å². The summed E-state index contributed by atoms with van der Waals surface area (Å²) in [5, 5.41) is 0. The highest BCUT2D eigenvalue weighted by Gasteiger charge is 2.14. The second-order valence-corrected chi connectivity index (χ2v) is 6.14. The normalized spacial score (nSPS) is 10.9. The smallest absolute Gasteiger partial charge is 0.306 e. The third kappa shape index (κ3) is 3.96. The van der Waals surface area contributed by atoms with Gasteiger partial charge in [0.2, 0.25) is 0 Å². The Hall–Kier alpha value is -3.02. The number of hydrogen-bond acceptors (Lipinski definition) is 6. The summed E-state index contributed by atoms with van der Waals surface area (Å²) in [5.74, 6) is 0.775. The van der Waals surface area contributed by atoms with E-state index in [2.05, 4.69) is 9.97 Å². The first-order valence-electron chi connectivity index (χ1n) is 8.42. The molecule has 3 aromatic rings. The Morgan fingerprint density at radius 2 is 1.81 bits per heavy atom. The first-order chi connectivity index (χ1) is 12.4. The molecule has 0 aliphatic carbocycles. The summed E-state index contributed by atoms with van der Waals surface area (Å²) < 4.78 is 10.8. The van der Waals surface area contributed by atoms with Crippen molar-refractivity contribution in [2.45, 2.75) is 40.2 Å². The number of para-hydroxylation sites is 2. The van der Waals surface area contributed by atoms with E-state index in [0.717, 1.165) is 16.7 Å². The fourth-order valence-electron chi connectivity index (χ4n) is 2.72. The third-order valence-corrected chi connectivity index (χ3v) is 4.14. The van der Waals surface area contributed by atoms with Crippen molar-refractivity contribution in [3.8, 4) is 0 Å². The second-order valence-electron chi connectivity index (χ2n) is 6.14. The van der Waals surface area contributed by atoms with E-state index in [1.807, 2.05) is 31.2 Å². The number of esters is 1. The molecule has 0 saturated heterocycles. The quantitative estimate of drug-likeness (QED) is 0.497. The first kappa shape index (κ1) is 17.8. The predicted molar refractivity (Wildman–Crippen MR) is 95.8 cm³/mol. The van der Waals surface area contributed by atoms with E-state index < -0.39 is 0 Å². The topological polar surface area (TPSA) is 82.3 Å². The van der Waals surface area contributed by atoms with Gasteiger partial charge in [0, 0.05) is 6.42 Å². The molecule has 0 radical (unpaired) electrons. The van der Waals surface area contributed by atoms with Gasteiger partial charge in [-0.3, -0.25) is 9.59 Å². The van der Waals surface area contributed by atoms with Crippen LogP contribution in [0.4, 0.5) is 0 Å². The average molecular weight is 352 g/mol. The number of ether oxygens (including phenoxy) is 1. The number of ketones is 1. The molecule has 2 heterocycles. The number of aromatic nitrogens is 2. The van der Waals surface area contributed by atoms with E-state index in [1.165, 1.54) is 6.92 Å². The highest BCUT2D eigenvalue weighted by atomic mass is 16.5. The molecule has 26 heavy (non-hydrogen) atoms. The number of rotatable bonds is 6. The number of nitrogens with zero attached hydrogens (tertiary/aromatic N) is 2. The highest BCUT2D eigenvalue weighted by Crippen LogP contribution is 2.17. The molecule has 0 amide bonds. The zero-order valence-electron chi connectivity index (χ0n) is 15.0. The van der Waals surface area contributed by atoms with Gasteiger partial charge in [0.1, 0.15) is 18.1 Å². The van der Waals surface area contributed by atoms with Crippen LogP contribution in [-0.4, -0.2) is 21.7 Å². The Morgan fingerprint density at radius 1 is 1.12 bits per heavy atom. The van der Waals surface area contributed by atoms with Crippen molar-refractivity contribution in [2.75, 3.05) is 0 Å². The predicted octanol–water partition coefficient (Wildman–Crippen LogP) is 3.72. The van der Waals surface area contributed by atoms with Gasteiger partial charge in [-0.2, -0.15) is 0 Å². The van der Waals surface area contributed by atoms with Gasteiger partial charge in [-0.15, -0.1) is 0 Å². The zero-order chi connectivity index (χ0) is 18.7. The van der Waals surface area contributed by atoms with E-state index in [1.54, 1.807) is 13.0 Å². The van der Waals surface area contributed by atoms with E-state index >= 15 is 0 Å². The van der Waals surface area contributed by atoms with Crippen molar-refractivity contribution >= 4 is 22.8 Å². The molecular weight excluding hydrogens is 332 g/mol. The molecule has 0 bridgehead atoms. The van der Waals surface area contributed by atoms with E-state index in [4.69, 9.17) is 9.15 Å². The van der Waals surface area contributed by atoms with Crippen molar-refractivity contribution in [1.82, 2.24) is 9.97 Å². The van der Waals surface area contributed by atoms with Gasteiger partial charge >= 0.3 is 5.97 Å². The highest BCUT2D eigenvalue weighted by molar-refractivity contribution is 5.95. The van der Waals surface area contributed by atoms with Crippen LogP contribution >= 0.6 is 0 Å². The molecule has 0 atom stereocenters. The van der Waals surface area contributed by atoms with Crippen LogP contribution in [0.2, 0.25) is 0 Å². The van der Waals surface area contributed by atoms with Crippen LogP contribution < -0.4 is 0 Å². The van der Waals surface area contributed by atoms with Gasteiger partial charge in [-0.1, -0.05) is 12.1 Å². The largest absolute Gasteiger partial charge is 0.466 e. The van der Waals surface area contributed by atoms with Crippen LogP contribution in [0.15, 0.2) is 34.7 Å². The van der Waals surface area contributed by atoms with Crippen molar-refractivity contribution in [3.63, 3.8) is 0 Å². The number of benzene rings is 1. The maximum absolute atomic E-state index is 12.0. The minimum atomic E-state index is -0.349. The van der Waals surface area contributed by atoms with E-state index in [-0.39, 0.29) is 24.8 Å². The van der Waals surface area contributed by atoms with Crippen LogP contribution in [-0.2, 0) is 22.6 Å². The monoisotopic (exact) mass is 352 g/mol. The summed E-state index contributed by atoms with van der Waals surface area (Å²) in [7, 11) is 0. The van der Waals surface area contributed by atoms with Gasteiger partial charge in [-0.05, 0) is 39.0 Å². The maximum Gasteiger partial charge on any atom is 0.306 e. The lowest BCUT2D eigenvalue weighted by Crippen LogP contribution is -2.08. The summed E-state index contributed by atoms with van der Waals surface area (Å²) in [4.78, 5) is 32.4. The molecule has 0 aliphatic rings. The van der Waals surface area contributed by atoms with Gasteiger partial charge < -0.3 is 9.15 Å². The van der Waals surface area contributed by atoms with Crippen molar-refractivity contribution in [2.24, 2.45) is 0 Å². The zero-order valence-corrected chi connectivity index (χ0v) is 15.0. The molecule has 1 aromatic carbocycles. The molecule has 0 spiro atoms. The minimum absolute atomic E-state index is 0.0505. The van der Waals surface area contributed by atoms with Crippen LogP contribution in [0, 0.1) is 13.8 Å². The summed E-state index contributed by atoms with van der Waals surface area (Å²) >= 11 is 0. The van der Waals surface area contributed by atoms with Crippen molar-refractivity contribution in [1.29, 1.82) is 0 Å². The Balaban J connectivity index is 1.58. The molecule has 0 unspecified atom stereocenters. The fourth-order valence-corrected chi connectivity index (χ4v) is 2.72. The Labute approximate surface area is 151 Å². The summed E-state index contributed by atoms with van der Waals surface area (Å²) in [6.45, 7) is 5.15. The lowest BCUT2D eigenvalue weighted by atomic mass is 10.1. The molecule has 6 heteroatoms. The second kappa shape index (κ2) is 7.47. The molecule has 0 fully saturated rings. The number of Topliss-reactive ketones (excluding diaryl/α,β-unsaturated/α-hetero) is 1.